The first-order valence-corrected chi connectivity index (χ1v) is 9.62. The largest absolute Gasteiger partial charge is 0.376 e. The van der Waals surface area contributed by atoms with Gasteiger partial charge in [0.25, 0.3) is 5.56 Å². The predicted molar refractivity (Wildman–Crippen MR) is 93.8 cm³/mol. The van der Waals surface area contributed by atoms with Crippen LogP contribution in [0.25, 0.3) is 0 Å². The first-order chi connectivity index (χ1) is 12.8. The van der Waals surface area contributed by atoms with Crippen LogP contribution in [-0.4, -0.2) is 39.5 Å². The lowest BCUT2D eigenvalue weighted by Gasteiger charge is -2.39. The highest BCUT2D eigenvalue weighted by Gasteiger charge is 2.30. The minimum atomic E-state index is 0.0480. The normalized spacial score (nSPS) is 20.5. The molecule has 1 saturated heterocycles. The maximum absolute atomic E-state index is 12.3. The van der Waals surface area contributed by atoms with Crippen LogP contribution in [0, 0.1) is 5.92 Å². The molecular formula is C19H24N4O3. The Kier molecular flexibility index (Phi) is 4.13. The molecule has 1 fully saturated rings. The van der Waals surface area contributed by atoms with Crippen molar-refractivity contribution < 1.29 is 9.26 Å². The summed E-state index contributed by atoms with van der Waals surface area (Å²) in [5, 5.41) is 8.86. The molecule has 0 N–H and O–H groups in total. The number of likely N-dealkylation sites (tertiary alicyclic amines) is 1. The molecule has 0 radical (unpaired) electrons. The number of aromatic nitrogens is 3. The fraction of sp³-hybridized carbons (Fsp3) is 0.632. The fourth-order valence-electron chi connectivity index (χ4n) is 4.31. The van der Waals surface area contributed by atoms with Crippen molar-refractivity contribution in [2.45, 2.75) is 51.8 Å². The van der Waals surface area contributed by atoms with E-state index in [9.17, 15) is 4.79 Å². The number of nitrogens with zero attached hydrogens (tertiary/aromatic N) is 4. The monoisotopic (exact) mass is 356 g/mol. The van der Waals surface area contributed by atoms with Crippen LogP contribution < -0.4 is 5.56 Å². The van der Waals surface area contributed by atoms with Gasteiger partial charge in [0.2, 0.25) is 0 Å². The van der Waals surface area contributed by atoms with Crippen LogP contribution >= 0.6 is 0 Å². The summed E-state index contributed by atoms with van der Waals surface area (Å²) < 4.78 is 12.6. The van der Waals surface area contributed by atoms with Gasteiger partial charge in [0.1, 0.15) is 11.5 Å². The minimum Gasteiger partial charge on any atom is -0.376 e. The van der Waals surface area contributed by atoms with Crippen molar-refractivity contribution in [1.29, 1.82) is 0 Å². The Morgan fingerprint density at radius 3 is 3.00 bits per heavy atom. The quantitative estimate of drug-likeness (QED) is 0.823. The molecule has 3 aliphatic rings. The van der Waals surface area contributed by atoms with Gasteiger partial charge in [0.05, 0.1) is 25.5 Å². The van der Waals surface area contributed by atoms with Crippen molar-refractivity contribution in [3.63, 3.8) is 0 Å². The second-order valence-electron chi connectivity index (χ2n) is 7.74. The van der Waals surface area contributed by atoms with E-state index in [2.05, 4.69) is 15.2 Å². The lowest BCUT2D eigenvalue weighted by atomic mass is 9.96. The third-order valence-electron chi connectivity index (χ3n) is 5.78. The molecule has 2 aromatic rings. The van der Waals surface area contributed by atoms with Crippen LogP contribution in [0.3, 0.4) is 0 Å². The average Bonchev–Trinajstić information content (AvgIpc) is 3.03. The SMILES string of the molecule is O=c1cc2c(nn1CC1CN(Cc3noc4c3COCC4)C1)CCCC2. The van der Waals surface area contributed by atoms with Crippen molar-refractivity contribution in [3.8, 4) is 0 Å². The molecule has 0 saturated carbocycles. The zero-order valence-electron chi connectivity index (χ0n) is 14.9. The van der Waals surface area contributed by atoms with E-state index in [-0.39, 0.29) is 5.56 Å². The molecule has 0 amide bonds. The second-order valence-corrected chi connectivity index (χ2v) is 7.74. The average molecular weight is 356 g/mol. The van der Waals surface area contributed by atoms with Crippen LogP contribution in [0.2, 0.25) is 0 Å². The van der Waals surface area contributed by atoms with Gasteiger partial charge in [-0.25, -0.2) is 4.68 Å². The second kappa shape index (κ2) is 6.63. The summed E-state index contributed by atoms with van der Waals surface area (Å²) in [5.41, 5.74) is 4.47. The molecule has 2 aromatic heterocycles. The summed E-state index contributed by atoms with van der Waals surface area (Å²) in [4.78, 5) is 14.7. The van der Waals surface area contributed by atoms with E-state index >= 15 is 0 Å². The van der Waals surface area contributed by atoms with Crippen molar-refractivity contribution in [3.05, 3.63) is 44.7 Å². The zero-order chi connectivity index (χ0) is 17.5. The van der Waals surface area contributed by atoms with Crippen molar-refractivity contribution in [1.82, 2.24) is 19.8 Å². The molecule has 0 unspecified atom stereocenters. The Bertz CT molecular complexity index is 866. The molecule has 1 aliphatic carbocycles. The summed E-state index contributed by atoms with van der Waals surface area (Å²) in [7, 11) is 0. The molecule has 7 nitrogen and oxygen atoms in total. The topological polar surface area (TPSA) is 73.4 Å². The highest BCUT2D eigenvalue weighted by atomic mass is 16.5. The minimum absolute atomic E-state index is 0.0480. The van der Waals surface area contributed by atoms with Crippen LogP contribution in [0.5, 0.6) is 0 Å². The summed E-state index contributed by atoms with van der Waals surface area (Å²) in [6.45, 7) is 4.77. The van der Waals surface area contributed by atoms with Crippen LogP contribution in [-0.2, 0) is 43.7 Å². The number of hydrogen-bond donors (Lipinski definition) is 0. The number of hydrogen-bond acceptors (Lipinski definition) is 6. The van der Waals surface area contributed by atoms with Gasteiger partial charge in [-0.15, -0.1) is 0 Å². The third-order valence-corrected chi connectivity index (χ3v) is 5.78. The van der Waals surface area contributed by atoms with E-state index in [4.69, 9.17) is 9.26 Å². The number of ether oxygens (including phenoxy) is 1. The first kappa shape index (κ1) is 16.2. The molecular weight excluding hydrogens is 332 g/mol. The lowest BCUT2D eigenvalue weighted by Crippen LogP contribution is -2.49. The van der Waals surface area contributed by atoms with Gasteiger partial charge in [-0.1, -0.05) is 5.16 Å². The van der Waals surface area contributed by atoms with E-state index in [0.717, 1.165) is 73.8 Å². The molecule has 5 rings (SSSR count). The van der Waals surface area contributed by atoms with Gasteiger partial charge in [-0.05, 0) is 31.2 Å². The highest BCUT2D eigenvalue weighted by molar-refractivity contribution is 5.24. The molecule has 138 valence electrons. The van der Waals surface area contributed by atoms with E-state index in [1.165, 1.54) is 12.8 Å². The van der Waals surface area contributed by atoms with Gasteiger partial charge in [0, 0.05) is 43.6 Å². The van der Waals surface area contributed by atoms with Crippen LogP contribution in [0.15, 0.2) is 15.4 Å². The molecule has 0 spiro atoms. The Balaban J connectivity index is 1.20. The Morgan fingerprint density at radius 2 is 2.08 bits per heavy atom. The van der Waals surface area contributed by atoms with Crippen molar-refractivity contribution in [2.75, 3.05) is 19.7 Å². The van der Waals surface area contributed by atoms with Gasteiger partial charge >= 0.3 is 0 Å². The molecule has 2 aliphatic heterocycles. The molecule has 4 heterocycles. The van der Waals surface area contributed by atoms with Crippen LogP contribution in [0.1, 0.15) is 41.1 Å². The fourth-order valence-corrected chi connectivity index (χ4v) is 4.31. The lowest BCUT2D eigenvalue weighted by molar-refractivity contribution is 0.0723. The first-order valence-electron chi connectivity index (χ1n) is 9.62. The van der Waals surface area contributed by atoms with E-state index < -0.39 is 0 Å². The Labute approximate surface area is 151 Å². The number of aryl methyl sites for hydroxylation is 2. The Morgan fingerprint density at radius 1 is 1.19 bits per heavy atom. The molecule has 7 heteroatoms. The van der Waals surface area contributed by atoms with E-state index in [1.54, 1.807) is 10.7 Å². The summed E-state index contributed by atoms with van der Waals surface area (Å²) >= 11 is 0. The maximum atomic E-state index is 12.3. The molecule has 26 heavy (non-hydrogen) atoms. The van der Waals surface area contributed by atoms with Gasteiger partial charge < -0.3 is 9.26 Å². The van der Waals surface area contributed by atoms with Crippen LogP contribution in [0.4, 0.5) is 0 Å². The number of fused-ring (bicyclic) bond motifs is 2. The van der Waals surface area contributed by atoms with Crippen molar-refractivity contribution in [2.24, 2.45) is 5.92 Å². The zero-order valence-corrected chi connectivity index (χ0v) is 14.9. The maximum Gasteiger partial charge on any atom is 0.267 e. The molecule has 0 aromatic carbocycles. The van der Waals surface area contributed by atoms with Crippen molar-refractivity contribution >= 4 is 0 Å². The third kappa shape index (κ3) is 2.99. The predicted octanol–water partition coefficient (Wildman–Crippen LogP) is 1.31. The summed E-state index contributed by atoms with van der Waals surface area (Å²) in [5.74, 6) is 1.45. The summed E-state index contributed by atoms with van der Waals surface area (Å²) in [6.07, 6.45) is 5.18. The smallest absolute Gasteiger partial charge is 0.267 e. The molecule has 0 bridgehead atoms. The van der Waals surface area contributed by atoms with Gasteiger partial charge in [-0.3, -0.25) is 9.69 Å². The highest BCUT2D eigenvalue weighted by Crippen LogP contribution is 2.25. The summed E-state index contributed by atoms with van der Waals surface area (Å²) in [6, 6.07) is 1.81. The Hall–Kier alpha value is -1.99. The van der Waals surface area contributed by atoms with E-state index in [1.807, 2.05) is 0 Å². The number of rotatable bonds is 4. The van der Waals surface area contributed by atoms with Gasteiger partial charge in [0.15, 0.2) is 0 Å². The molecule has 0 atom stereocenters. The van der Waals surface area contributed by atoms with E-state index in [0.29, 0.717) is 19.1 Å². The van der Waals surface area contributed by atoms with Gasteiger partial charge in [-0.2, -0.15) is 5.10 Å². The standard InChI is InChI=1S/C19H24N4O3/c24-19-7-14-3-1-2-4-16(14)20-23(19)10-13-8-22(9-13)11-17-15-12-25-6-5-18(15)26-21-17/h7,13H,1-6,8-12H2.